The van der Waals surface area contributed by atoms with Crippen molar-refractivity contribution in [3.8, 4) is 45.3 Å². The molecule has 0 amide bonds. The zero-order chi connectivity index (χ0) is 55.6. The van der Waals surface area contributed by atoms with Gasteiger partial charge in [0, 0.05) is 94.3 Å². The topological polar surface area (TPSA) is 38.5 Å². The Morgan fingerprint density at radius 2 is 1.08 bits per heavy atom. The van der Waals surface area contributed by atoms with Gasteiger partial charge in [-0.3, -0.25) is 0 Å². The van der Waals surface area contributed by atoms with Gasteiger partial charge in [0.1, 0.15) is 5.82 Å². The molecular weight excluding hydrogens is 1050 g/mol. The molecule has 13 rings (SSSR count). The van der Waals surface area contributed by atoms with Gasteiger partial charge < -0.3 is 23.7 Å². The van der Waals surface area contributed by atoms with Crippen LogP contribution < -0.4 is 14.5 Å². The van der Waals surface area contributed by atoms with Crippen molar-refractivity contribution >= 4 is 66.4 Å². The van der Waals surface area contributed by atoms with Gasteiger partial charge in [-0.25, -0.2) is 4.98 Å². The predicted molar refractivity (Wildman–Crippen MR) is 288 cm³/mol. The normalized spacial score (nSPS) is 14.5. The molecule has 0 spiro atoms. The maximum atomic E-state index is 9.13. The minimum atomic E-state index is -0.570. The fourth-order valence-electron chi connectivity index (χ4n) is 9.78. The van der Waals surface area contributed by atoms with Crippen LogP contribution in [0.1, 0.15) is 40.0 Å². The van der Waals surface area contributed by atoms with E-state index in [1.807, 2.05) is 96.0 Å². The van der Waals surface area contributed by atoms with Gasteiger partial charge in [0.25, 0.3) is 0 Å². The molecule has 0 unspecified atom stereocenters. The van der Waals surface area contributed by atoms with Gasteiger partial charge in [-0.05, 0) is 75.6 Å². The fraction of sp³-hybridized carbons (Fsp3) is 0.0625. The number of ether oxygens (including phenoxy) is 1. The van der Waals surface area contributed by atoms with Crippen LogP contribution in [0.25, 0.3) is 77.4 Å². The number of nitrogens with zero attached hydrogens (tertiary/aromatic N) is 5. The largest absolute Gasteiger partial charge is 0.507 e. The SMILES string of the molecule is [2H]c1c([2H])c([2H])c(-c2cccc(-c3c([2H])c([2H])c([2H])c([2H])c3[2H])c2N2[CH-]N(c3[c-]c(Oc4[c-]c5c(cc4-n4c6ccccc6c6ccccc64)c4ccccc4n5-c4cc(C(C)(C)C)ccn4)ccc3)c3ccccc32)c([2H])c1[2H].[Pt]. The number of fused-ring (bicyclic) bond motifs is 7. The molecule has 0 fully saturated rings. The Hall–Kier alpha value is -8.18. The van der Waals surface area contributed by atoms with Gasteiger partial charge in [-0.15, -0.1) is 42.7 Å². The molecule has 7 heteroatoms. The minimum Gasteiger partial charge on any atom is -0.507 e. The van der Waals surface area contributed by atoms with Gasteiger partial charge in [0.15, 0.2) is 0 Å². The van der Waals surface area contributed by atoms with Crippen LogP contribution in [0.4, 0.5) is 22.7 Å². The summed E-state index contributed by atoms with van der Waals surface area (Å²) in [7, 11) is 0. The number of benzene rings is 9. The van der Waals surface area contributed by atoms with Crippen LogP contribution in [-0.4, -0.2) is 14.1 Å². The van der Waals surface area contributed by atoms with E-state index >= 15 is 0 Å². The Morgan fingerprint density at radius 3 is 1.70 bits per heavy atom. The first-order valence-corrected chi connectivity index (χ1v) is 23.0. The van der Waals surface area contributed by atoms with Gasteiger partial charge >= 0.3 is 0 Å². The van der Waals surface area contributed by atoms with E-state index in [9.17, 15) is 0 Å². The van der Waals surface area contributed by atoms with Crippen LogP contribution in [0, 0.1) is 18.8 Å². The van der Waals surface area contributed by atoms with E-state index in [-0.39, 0.29) is 54.4 Å². The van der Waals surface area contributed by atoms with E-state index in [1.54, 1.807) is 29.8 Å². The molecule has 9 aromatic carbocycles. The smallest absolute Gasteiger partial charge is 0.135 e. The zero-order valence-corrected chi connectivity index (χ0v) is 40.8. The summed E-state index contributed by atoms with van der Waals surface area (Å²) in [5.74, 6) is 1.50. The van der Waals surface area contributed by atoms with Crippen LogP contribution in [0.5, 0.6) is 11.5 Å². The molecule has 0 saturated carbocycles. The van der Waals surface area contributed by atoms with Gasteiger partial charge in [0.2, 0.25) is 0 Å². The molecule has 0 aliphatic carbocycles. The number of hydrogen-bond acceptors (Lipinski definition) is 4. The monoisotopic (exact) mass is 1110 g/mol. The summed E-state index contributed by atoms with van der Waals surface area (Å²) in [6.07, 6.45) is 1.85. The van der Waals surface area contributed by atoms with Crippen molar-refractivity contribution in [1.82, 2.24) is 14.1 Å². The number of hydrogen-bond donors (Lipinski definition) is 0. The Balaban J connectivity index is 0.00000651. The maximum absolute atomic E-state index is 9.13. The Labute approximate surface area is 442 Å². The fourth-order valence-corrected chi connectivity index (χ4v) is 9.78. The van der Waals surface area contributed by atoms with E-state index in [4.69, 9.17) is 23.4 Å². The van der Waals surface area contributed by atoms with E-state index < -0.39 is 60.4 Å². The predicted octanol–water partition coefficient (Wildman–Crippen LogP) is 16.7. The summed E-state index contributed by atoms with van der Waals surface area (Å²) < 4.78 is 99.6. The summed E-state index contributed by atoms with van der Waals surface area (Å²) in [6, 6.07) is 51.1. The van der Waals surface area contributed by atoms with Crippen molar-refractivity contribution in [1.29, 1.82) is 0 Å². The number of para-hydroxylation sites is 6. The second kappa shape index (κ2) is 17.7. The van der Waals surface area contributed by atoms with Gasteiger partial charge in [-0.1, -0.05) is 177 Å². The van der Waals surface area contributed by atoms with Gasteiger partial charge in [0.05, 0.1) is 13.7 Å². The molecule has 0 saturated heterocycles. The molecule has 6 nitrogen and oxygen atoms in total. The molecule has 3 aromatic heterocycles. The van der Waals surface area contributed by atoms with E-state index in [0.717, 1.165) is 60.7 Å². The first kappa shape index (κ1) is 34.2. The van der Waals surface area contributed by atoms with E-state index in [1.165, 1.54) is 0 Å². The molecule has 0 N–H and O–H groups in total. The molecular formula is C64H46N5OPt-3. The van der Waals surface area contributed by atoms with Crippen LogP contribution >= 0.6 is 0 Å². The second-order valence-corrected chi connectivity index (χ2v) is 18.2. The van der Waals surface area contributed by atoms with Crippen molar-refractivity contribution in [2.45, 2.75) is 26.2 Å². The summed E-state index contributed by atoms with van der Waals surface area (Å²) in [5.41, 5.74) is 7.41. The number of anilines is 4. The molecule has 71 heavy (non-hydrogen) atoms. The van der Waals surface area contributed by atoms with Gasteiger partial charge in [-0.2, -0.15) is 6.07 Å². The van der Waals surface area contributed by atoms with E-state index in [0.29, 0.717) is 28.6 Å². The van der Waals surface area contributed by atoms with Crippen molar-refractivity contribution in [3.05, 3.63) is 243 Å². The standard InChI is InChI=1S/C64H46N5O.Pt/c1-64(2,3)45-36-37-65-62(38-45)69-56-33-15-12-28-52(56)53-40-60(68-54-31-13-10-26-50(54)51-27-11-14-32-55(51)68)61(41-59(53)69)70-47-25-18-24-46(39-47)66-42-67(58-35-17-16-34-57(58)66)63-48(43-20-6-4-7-21-43)29-19-30-49(63)44-22-8-5-9-23-44;/h4-38,40,42H,1-3H3;/q-3;/i4D,5D,6D,7D,8D,9D,20D,21D,22D,23D;. The molecule has 0 atom stereocenters. The molecule has 1 aliphatic heterocycles. The number of rotatable bonds is 8. The van der Waals surface area contributed by atoms with Crippen molar-refractivity contribution < 1.29 is 39.5 Å². The van der Waals surface area contributed by atoms with Crippen LogP contribution in [0.2, 0.25) is 0 Å². The Bertz CT molecular complexity index is 4390. The summed E-state index contributed by atoms with van der Waals surface area (Å²) >= 11 is 0. The summed E-state index contributed by atoms with van der Waals surface area (Å²) in [4.78, 5) is 8.57. The number of pyridine rings is 1. The van der Waals surface area contributed by atoms with Crippen LogP contribution in [-0.2, 0) is 26.5 Å². The van der Waals surface area contributed by atoms with E-state index in [2.05, 4.69) is 90.6 Å². The average molecular weight is 1110 g/mol. The zero-order valence-electron chi connectivity index (χ0n) is 48.5. The molecule has 1 aliphatic rings. The quantitative estimate of drug-likeness (QED) is 0.142. The molecule has 12 aromatic rings. The summed E-state index contributed by atoms with van der Waals surface area (Å²) in [6.45, 7) is 8.30. The van der Waals surface area contributed by atoms with Crippen LogP contribution in [0.15, 0.2) is 218 Å². The minimum absolute atomic E-state index is 0. The molecule has 4 heterocycles. The van der Waals surface area contributed by atoms with Crippen molar-refractivity contribution in [2.24, 2.45) is 0 Å². The second-order valence-electron chi connectivity index (χ2n) is 18.2. The third-order valence-corrected chi connectivity index (χ3v) is 13.0. The molecule has 0 bridgehead atoms. The third-order valence-electron chi connectivity index (χ3n) is 13.0. The molecule has 0 radical (unpaired) electrons. The first-order chi connectivity index (χ1) is 38.5. The van der Waals surface area contributed by atoms with Crippen LogP contribution in [0.3, 0.4) is 0 Å². The average Bonchev–Trinajstić information content (AvgIpc) is 4.36. The molecule has 346 valence electrons. The summed E-state index contributed by atoms with van der Waals surface area (Å²) in [5, 5.41) is 4.10. The van der Waals surface area contributed by atoms with Crippen molar-refractivity contribution in [3.63, 3.8) is 0 Å². The van der Waals surface area contributed by atoms with Crippen molar-refractivity contribution in [2.75, 3.05) is 9.80 Å². The first-order valence-electron chi connectivity index (χ1n) is 28.0. The third kappa shape index (κ3) is 7.49. The number of aromatic nitrogens is 3. The maximum Gasteiger partial charge on any atom is 0.135 e. The Morgan fingerprint density at radius 1 is 0.535 bits per heavy atom. The Kier molecular flexibility index (Phi) is 8.49.